The second-order valence-corrected chi connectivity index (χ2v) is 6.05. The van der Waals surface area contributed by atoms with E-state index >= 15 is 0 Å². The van der Waals surface area contributed by atoms with Crippen LogP contribution < -0.4 is 5.32 Å². The number of hydrogen-bond donors (Lipinski definition) is 1. The first-order valence-electron chi connectivity index (χ1n) is 8.04. The predicted octanol–water partition coefficient (Wildman–Crippen LogP) is 3.73. The summed E-state index contributed by atoms with van der Waals surface area (Å²) in [7, 11) is 0. The fraction of sp³-hybridized carbons (Fsp3) is 0.263. The zero-order valence-electron chi connectivity index (χ0n) is 13.8. The van der Waals surface area contributed by atoms with Gasteiger partial charge in [0.1, 0.15) is 5.82 Å². The number of nitrogens with zero attached hydrogens (tertiary/aromatic N) is 2. The molecule has 0 atom stereocenters. The number of imidazole rings is 1. The molecule has 0 aliphatic heterocycles. The number of carbonyl (C=O) groups is 1. The van der Waals surface area contributed by atoms with Crippen molar-refractivity contribution in [3.63, 3.8) is 0 Å². The van der Waals surface area contributed by atoms with Crippen molar-refractivity contribution in [1.82, 2.24) is 14.9 Å². The lowest BCUT2D eigenvalue weighted by Crippen LogP contribution is -2.26. The molecule has 0 unspecified atom stereocenters. The van der Waals surface area contributed by atoms with Gasteiger partial charge in [-0.1, -0.05) is 18.2 Å². The van der Waals surface area contributed by atoms with E-state index in [9.17, 15) is 9.18 Å². The van der Waals surface area contributed by atoms with Crippen molar-refractivity contribution in [2.45, 2.75) is 26.3 Å². The quantitative estimate of drug-likeness (QED) is 0.777. The predicted molar refractivity (Wildman–Crippen MR) is 92.6 cm³/mol. The molecule has 0 saturated carbocycles. The molecule has 0 fully saturated rings. The summed E-state index contributed by atoms with van der Waals surface area (Å²) in [5, 5.41) is 2.76. The summed E-state index contributed by atoms with van der Waals surface area (Å²) in [5.41, 5.74) is 3.21. The summed E-state index contributed by atoms with van der Waals surface area (Å²) in [6.45, 7) is 4.68. The Morgan fingerprint density at radius 2 is 2.04 bits per heavy atom. The maximum atomic E-state index is 13.6. The lowest BCUT2D eigenvalue weighted by molar-refractivity contribution is 0.0950. The Bertz CT molecular complexity index is 870. The van der Waals surface area contributed by atoms with Crippen LogP contribution in [-0.4, -0.2) is 22.0 Å². The first-order valence-corrected chi connectivity index (χ1v) is 8.04. The summed E-state index contributed by atoms with van der Waals surface area (Å²) in [6.07, 6.45) is 2.52. The number of hydrogen-bond acceptors (Lipinski definition) is 2. The van der Waals surface area contributed by atoms with E-state index < -0.39 is 11.7 Å². The molecule has 0 aliphatic carbocycles. The molecule has 1 heterocycles. The van der Waals surface area contributed by atoms with E-state index in [2.05, 4.69) is 34.8 Å². The molecule has 1 amide bonds. The average Bonchev–Trinajstić information content (AvgIpc) is 2.98. The van der Waals surface area contributed by atoms with E-state index in [1.807, 2.05) is 18.5 Å². The summed E-state index contributed by atoms with van der Waals surface area (Å²) in [6, 6.07) is 12.5. The van der Waals surface area contributed by atoms with Gasteiger partial charge in [-0.15, -0.1) is 0 Å². The zero-order chi connectivity index (χ0) is 17.1. The number of nitrogens with one attached hydrogen (secondary N) is 1. The zero-order valence-corrected chi connectivity index (χ0v) is 13.8. The van der Waals surface area contributed by atoms with Crippen LogP contribution in [-0.2, 0) is 6.42 Å². The lowest BCUT2D eigenvalue weighted by atomic mass is 10.1. The molecule has 0 bridgehead atoms. The SMILES string of the molecule is CC(C)n1cnc2cc(CCNC(=O)c3ccccc3F)ccc21. The number of fused-ring (bicyclic) bond motifs is 1. The van der Waals surface area contributed by atoms with Gasteiger partial charge in [-0.2, -0.15) is 0 Å². The average molecular weight is 325 g/mol. The minimum atomic E-state index is -0.504. The molecule has 0 saturated heterocycles. The molecule has 0 aliphatic rings. The van der Waals surface area contributed by atoms with Gasteiger partial charge >= 0.3 is 0 Å². The van der Waals surface area contributed by atoms with Gasteiger partial charge in [0.25, 0.3) is 5.91 Å². The van der Waals surface area contributed by atoms with Crippen LogP contribution in [0.2, 0.25) is 0 Å². The third kappa shape index (κ3) is 3.30. The highest BCUT2D eigenvalue weighted by Crippen LogP contribution is 2.19. The molecule has 4 nitrogen and oxygen atoms in total. The Hall–Kier alpha value is -2.69. The molecule has 1 N–H and O–H groups in total. The van der Waals surface area contributed by atoms with Crippen LogP contribution in [0.4, 0.5) is 4.39 Å². The highest BCUT2D eigenvalue weighted by atomic mass is 19.1. The van der Waals surface area contributed by atoms with E-state index in [4.69, 9.17) is 0 Å². The van der Waals surface area contributed by atoms with Crippen molar-refractivity contribution in [3.05, 3.63) is 65.7 Å². The Morgan fingerprint density at radius 1 is 1.25 bits per heavy atom. The minimum Gasteiger partial charge on any atom is -0.352 e. The number of aromatic nitrogens is 2. The summed E-state index contributed by atoms with van der Waals surface area (Å²) < 4.78 is 15.7. The maximum absolute atomic E-state index is 13.6. The van der Waals surface area contributed by atoms with Gasteiger partial charge in [0, 0.05) is 12.6 Å². The van der Waals surface area contributed by atoms with Crippen LogP contribution in [0.5, 0.6) is 0 Å². The maximum Gasteiger partial charge on any atom is 0.254 e. The molecular weight excluding hydrogens is 305 g/mol. The molecule has 3 aromatic rings. The molecule has 124 valence electrons. The van der Waals surface area contributed by atoms with Gasteiger partial charge in [-0.25, -0.2) is 9.37 Å². The van der Waals surface area contributed by atoms with Crippen LogP contribution in [0, 0.1) is 5.82 Å². The normalized spacial score (nSPS) is 11.2. The third-order valence-electron chi connectivity index (χ3n) is 4.01. The van der Waals surface area contributed by atoms with E-state index in [0.29, 0.717) is 19.0 Å². The second kappa shape index (κ2) is 6.83. The van der Waals surface area contributed by atoms with Crippen LogP contribution >= 0.6 is 0 Å². The van der Waals surface area contributed by atoms with E-state index in [-0.39, 0.29) is 5.56 Å². The van der Waals surface area contributed by atoms with Gasteiger partial charge in [0.05, 0.1) is 22.9 Å². The molecular formula is C19H20FN3O. The third-order valence-corrected chi connectivity index (χ3v) is 4.01. The lowest BCUT2D eigenvalue weighted by Gasteiger charge is -2.09. The van der Waals surface area contributed by atoms with Crippen LogP contribution in [0.15, 0.2) is 48.8 Å². The number of rotatable bonds is 5. The highest BCUT2D eigenvalue weighted by Gasteiger charge is 2.10. The summed E-state index contributed by atoms with van der Waals surface area (Å²) in [5.74, 6) is -0.895. The van der Waals surface area contributed by atoms with Crippen LogP contribution in [0.25, 0.3) is 11.0 Å². The molecule has 0 radical (unpaired) electrons. The van der Waals surface area contributed by atoms with Crippen molar-refractivity contribution in [1.29, 1.82) is 0 Å². The van der Waals surface area contributed by atoms with Crippen molar-refractivity contribution in [2.75, 3.05) is 6.54 Å². The van der Waals surface area contributed by atoms with Gasteiger partial charge in [-0.05, 0) is 50.1 Å². The topological polar surface area (TPSA) is 46.9 Å². The Kier molecular flexibility index (Phi) is 4.60. The van der Waals surface area contributed by atoms with Crippen molar-refractivity contribution in [2.24, 2.45) is 0 Å². The summed E-state index contributed by atoms with van der Waals surface area (Å²) in [4.78, 5) is 16.4. The van der Waals surface area contributed by atoms with Crippen molar-refractivity contribution in [3.8, 4) is 0 Å². The van der Waals surface area contributed by atoms with Crippen molar-refractivity contribution < 1.29 is 9.18 Å². The minimum absolute atomic E-state index is 0.0728. The molecule has 24 heavy (non-hydrogen) atoms. The largest absolute Gasteiger partial charge is 0.352 e. The monoisotopic (exact) mass is 325 g/mol. The first kappa shape index (κ1) is 16.2. The molecule has 1 aromatic heterocycles. The van der Waals surface area contributed by atoms with Crippen molar-refractivity contribution >= 4 is 16.9 Å². The van der Waals surface area contributed by atoms with Gasteiger partial charge in [-0.3, -0.25) is 4.79 Å². The van der Waals surface area contributed by atoms with Crippen LogP contribution in [0.1, 0.15) is 35.8 Å². The van der Waals surface area contributed by atoms with E-state index in [1.54, 1.807) is 12.1 Å². The smallest absolute Gasteiger partial charge is 0.254 e. The standard InChI is InChI=1S/C19H20FN3O/c1-13(2)23-12-22-17-11-14(7-8-18(17)23)9-10-21-19(24)15-5-3-4-6-16(15)20/h3-8,11-13H,9-10H2,1-2H3,(H,21,24). The van der Waals surface area contributed by atoms with Gasteiger partial charge in [0.15, 0.2) is 0 Å². The number of benzene rings is 2. The number of amides is 1. The van der Waals surface area contributed by atoms with Gasteiger partial charge < -0.3 is 9.88 Å². The Balaban J connectivity index is 1.64. The first-order chi connectivity index (χ1) is 11.6. The highest BCUT2D eigenvalue weighted by molar-refractivity contribution is 5.94. The number of carbonyl (C=O) groups excluding carboxylic acids is 1. The Labute approximate surface area is 140 Å². The second-order valence-electron chi connectivity index (χ2n) is 6.05. The molecule has 3 rings (SSSR count). The van der Waals surface area contributed by atoms with E-state index in [1.165, 1.54) is 12.1 Å². The van der Waals surface area contributed by atoms with E-state index in [0.717, 1.165) is 16.6 Å². The fourth-order valence-electron chi connectivity index (χ4n) is 2.71. The molecule has 2 aromatic carbocycles. The summed E-state index contributed by atoms with van der Waals surface area (Å²) >= 11 is 0. The van der Waals surface area contributed by atoms with Crippen LogP contribution in [0.3, 0.4) is 0 Å². The number of halogens is 1. The fourth-order valence-corrected chi connectivity index (χ4v) is 2.71. The molecule has 0 spiro atoms. The molecule has 5 heteroatoms. The van der Waals surface area contributed by atoms with Gasteiger partial charge in [0.2, 0.25) is 0 Å². The Morgan fingerprint density at radius 3 is 2.79 bits per heavy atom.